The number of rotatable bonds is 16. The van der Waals surface area contributed by atoms with Crippen LogP contribution in [0.5, 0.6) is 0 Å². The van der Waals surface area contributed by atoms with Gasteiger partial charge in [-0.05, 0) is 17.5 Å². The molecule has 0 fully saturated rings. The van der Waals surface area contributed by atoms with E-state index in [4.69, 9.17) is 0 Å². The SMILES string of the molecule is CCC[Si](CCC)(CCC)c1ccc(Cc2ccc([Si](CCC)(CCC)CCC)cc2)cc1. The van der Waals surface area contributed by atoms with Gasteiger partial charge in [0.05, 0.1) is 16.1 Å². The fraction of sp³-hybridized carbons (Fsp3) is 0.613. The number of hydrogen-bond acceptors (Lipinski definition) is 0. The molecule has 33 heavy (non-hydrogen) atoms. The van der Waals surface area contributed by atoms with Gasteiger partial charge >= 0.3 is 0 Å². The van der Waals surface area contributed by atoms with E-state index in [0.717, 1.165) is 6.42 Å². The molecular weight excluding hydrogens is 429 g/mol. The summed E-state index contributed by atoms with van der Waals surface area (Å²) < 4.78 is 0. The highest BCUT2D eigenvalue weighted by Crippen LogP contribution is 2.28. The summed E-state index contributed by atoms with van der Waals surface area (Å²) in [6.07, 6.45) is 9.06. The van der Waals surface area contributed by atoms with Crippen LogP contribution < -0.4 is 10.4 Å². The smallest absolute Gasteiger partial charge is 0.0656 e. The number of benzene rings is 2. The Morgan fingerprint density at radius 1 is 0.394 bits per heavy atom. The molecule has 0 saturated carbocycles. The third kappa shape index (κ3) is 7.43. The maximum absolute atomic E-state index is 2.51. The average molecular weight is 481 g/mol. The quantitative estimate of drug-likeness (QED) is 0.210. The van der Waals surface area contributed by atoms with Gasteiger partial charge in [0.1, 0.15) is 0 Å². The van der Waals surface area contributed by atoms with Crippen molar-refractivity contribution in [1.29, 1.82) is 0 Å². The molecule has 0 amide bonds. The first kappa shape index (κ1) is 28.1. The first-order valence-electron chi connectivity index (χ1n) is 14.2. The molecule has 2 aromatic rings. The highest BCUT2D eigenvalue weighted by atomic mass is 28.3. The van der Waals surface area contributed by atoms with Crippen molar-refractivity contribution < 1.29 is 0 Å². The molecule has 2 rings (SSSR count). The topological polar surface area (TPSA) is 0 Å². The Morgan fingerprint density at radius 3 is 0.848 bits per heavy atom. The molecule has 0 unspecified atom stereocenters. The van der Waals surface area contributed by atoms with Gasteiger partial charge in [0.15, 0.2) is 0 Å². The molecule has 0 N–H and O–H groups in total. The fourth-order valence-electron chi connectivity index (χ4n) is 6.68. The zero-order valence-electron chi connectivity index (χ0n) is 22.8. The second-order valence-electron chi connectivity index (χ2n) is 10.6. The minimum atomic E-state index is -1.33. The summed E-state index contributed by atoms with van der Waals surface area (Å²) in [5, 5.41) is 3.42. The first-order valence-corrected chi connectivity index (χ1v) is 19.5. The molecule has 0 heterocycles. The van der Waals surface area contributed by atoms with Gasteiger partial charge in [-0.1, -0.05) is 175 Å². The minimum absolute atomic E-state index is 1.06. The Morgan fingerprint density at radius 2 is 0.636 bits per heavy atom. The molecule has 0 saturated heterocycles. The molecule has 0 nitrogen and oxygen atoms in total. The van der Waals surface area contributed by atoms with Crippen molar-refractivity contribution >= 4 is 26.5 Å². The molecule has 0 aromatic heterocycles. The third-order valence-corrected chi connectivity index (χ3v) is 19.8. The van der Waals surface area contributed by atoms with E-state index in [1.165, 1.54) is 85.9 Å². The summed E-state index contributed by atoms with van der Waals surface area (Å²) in [5.74, 6) is 0. The van der Waals surface area contributed by atoms with E-state index in [0.29, 0.717) is 0 Å². The van der Waals surface area contributed by atoms with Gasteiger partial charge in [-0.15, -0.1) is 0 Å². The Labute approximate surface area is 208 Å². The van der Waals surface area contributed by atoms with Gasteiger partial charge in [0.2, 0.25) is 0 Å². The van der Waals surface area contributed by atoms with Crippen LogP contribution in [0.1, 0.15) is 91.2 Å². The second kappa shape index (κ2) is 14.3. The predicted octanol–water partition coefficient (Wildman–Crippen LogP) is 9.05. The number of hydrogen-bond donors (Lipinski definition) is 0. The fourth-order valence-corrected chi connectivity index (χ4v) is 17.4. The lowest BCUT2D eigenvalue weighted by molar-refractivity contribution is 0.937. The van der Waals surface area contributed by atoms with Crippen LogP contribution in [0.2, 0.25) is 36.3 Å². The van der Waals surface area contributed by atoms with Crippen LogP contribution in [-0.2, 0) is 6.42 Å². The van der Waals surface area contributed by atoms with E-state index in [1.54, 1.807) is 10.4 Å². The third-order valence-electron chi connectivity index (χ3n) is 7.91. The zero-order valence-corrected chi connectivity index (χ0v) is 24.8. The predicted molar refractivity (Wildman–Crippen MR) is 157 cm³/mol. The molecule has 0 spiro atoms. The summed E-state index contributed by atoms with van der Waals surface area (Å²) in [6.45, 7) is 14.3. The van der Waals surface area contributed by atoms with Crippen LogP contribution in [0, 0.1) is 0 Å². The van der Waals surface area contributed by atoms with Crippen molar-refractivity contribution in [1.82, 2.24) is 0 Å². The molecule has 0 bridgehead atoms. The van der Waals surface area contributed by atoms with E-state index in [1.807, 2.05) is 0 Å². The largest absolute Gasteiger partial charge is 0.0866 e. The lowest BCUT2D eigenvalue weighted by Crippen LogP contribution is -2.47. The van der Waals surface area contributed by atoms with Crippen LogP contribution in [0.3, 0.4) is 0 Å². The van der Waals surface area contributed by atoms with E-state index in [2.05, 4.69) is 90.1 Å². The van der Waals surface area contributed by atoms with Crippen LogP contribution >= 0.6 is 0 Å². The summed E-state index contributed by atoms with van der Waals surface area (Å²) in [6, 6.07) is 28.5. The Hall–Kier alpha value is -1.13. The van der Waals surface area contributed by atoms with E-state index in [9.17, 15) is 0 Å². The second-order valence-corrected chi connectivity index (χ2v) is 19.9. The normalized spacial score (nSPS) is 12.3. The molecule has 0 aliphatic rings. The van der Waals surface area contributed by atoms with Crippen molar-refractivity contribution in [3.8, 4) is 0 Å². The summed E-state index contributed by atoms with van der Waals surface area (Å²) >= 11 is 0. The molecule has 184 valence electrons. The summed E-state index contributed by atoms with van der Waals surface area (Å²) in [5.41, 5.74) is 2.94. The Kier molecular flexibility index (Phi) is 12.2. The van der Waals surface area contributed by atoms with Gasteiger partial charge in [-0.2, -0.15) is 0 Å². The molecular formula is C31H52Si2. The Balaban J connectivity index is 2.21. The molecule has 0 radical (unpaired) electrons. The van der Waals surface area contributed by atoms with Crippen molar-refractivity contribution in [2.75, 3.05) is 0 Å². The van der Waals surface area contributed by atoms with Gasteiger partial charge in [-0.3, -0.25) is 0 Å². The molecule has 0 aliphatic carbocycles. The minimum Gasteiger partial charge on any atom is -0.0656 e. The Bertz CT molecular complexity index is 674. The molecule has 0 atom stereocenters. The van der Waals surface area contributed by atoms with Crippen molar-refractivity contribution in [2.45, 2.75) is 123 Å². The van der Waals surface area contributed by atoms with Crippen molar-refractivity contribution in [2.24, 2.45) is 0 Å². The molecule has 2 heteroatoms. The molecule has 0 aliphatic heterocycles. The summed E-state index contributed by atoms with van der Waals surface area (Å²) in [7, 11) is -2.67. The van der Waals surface area contributed by atoms with E-state index >= 15 is 0 Å². The lowest BCUT2D eigenvalue weighted by atomic mass is 10.1. The van der Waals surface area contributed by atoms with Gasteiger partial charge in [0, 0.05) is 0 Å². The highest BCUT2D eigenvalue weighted by molar-refractivity contribution is 6.92. The summed E-state index contributed by atoms with van der Waals surface area (Å²) in [4.78, 5) is 0. The van der Waals surface area contributed by atoms with Crippen LogP contribution in [-0.4, -0.2) is 16.1 Å². The van der Waals surface area contributed by atoms with Crippen LogP contribution in [0.15, 0.2) is 48.5 Å². The monoisotopic (exact) mass is 480 g/mol. The van der Waals surface area contributed by atoms with Gasteiger partial charge in [0.25, 0.3) is 0 Å². The maximum Gasteiger partial charge on any atom is 0.0866 e. The molecule has 2 aromatic carbocycles. The average Bonchev–Trinajstić information content (AvgIpc) is 2.81. The zero-order chi connectivity index (χ0) is 24.2. The van der Waals surface area contributed by atoms with Crippen molar-refractivity contribution in [3.63, 3.8) is 0 Å². The van der Waals surface area contributed by atoms with Crippen LogP contribution in [0.25, 0.3) is 0 Å². The first-order chi connectivity index (χ1) is 16.0. The lowest BCUT2D eigenvalue weighted by Gasteiger charge is -2.32. The van der Waals surface area contributed by atoms with Gasteiger partial charge < -0.3 is 0 Å². The van der Waals surface area contributed by atoms with Crippen LogP contribution in [0.4, 0.5) is 0 Å². The highest BCUT2D eigenvalue weighted by Gasteiger charge is 2.33. The van der Waals surface area contributed by atoms with E-state index < -0.39 is 16.1 Å². The standard InChI is InChI=1S/C31H52Si2/c1-7-21-32(22-8-2,23-9-3)30-17-13-28(14-18-30)27-29-15-19-31(20-16-29)33(24-10-4,25-11-5)26-12-6/h13-20H,7-12,21-27H2,1-6H3. The maximum atomic E-state index is 2.51. The van der Waals surface area contributed by atoms with Gasteiger partial charge in [-0.25, -0.2) is 0 Å². The van der Waals surface area contributed by atoms with Crippen molar-refractivity contribution in [3.05, 3.63) is 59.7 Å². The van der Waals surface area contributed by atoms with E-state index in [-0.39, 0.29) is 0 Å².